The Labute approximate surface area is 106 Å². The first-order valence-electron chi connectivity index (χ1n) is 5.98. The number of benzene rings is 1. The second kappa shape index (κ2) is 5.69. The fraction of sp³-hybridized carbons (Fsp3) is 0.538. The highest BCUT2D eigenvalue weighted by atomic mass is 79.9. The highest BCUT2D eigenvalue weighted by molar-refractivity contribution is 9.10. The van der Waals surface area contributed by atoms with Gasteiger partial charge in [0.2, 0.25) is 0 Å². The van der Waals surface area contributed by atoms with Gasteiger partial charge in [-0.05, 0) is 63.0 Å². The lowest BCUT2D eigenvalue weighted by Crippen LogP contribution is -2.21. The summed E-state index contributed by atoms with van der Waals surface area (Å²) in [7, 11) is 0. The molecule has 1 heterocycles. The van der Waals surface area contributed by atoms with E-state index in [0.29, 0.717) is 6.04 Å². The van der Waals surface area contributed by atoms with E-state index in [-0.39, 0.29) is 0 Å². The van der Waals surface area contributed by atoms with Crippen molar-refractivity contribution in [1.82, 2.24) is 5.32 Å². The van der Waals surface area contributed by atoms with E-state index in [1.54, 1.807) is 0 Å². The van der Waals surface area contributed by atoms with E-state index in [9.17, 15) is 0 Å². The first-order chi connectivity index (χ1) is 7.74. The SMILES string of the molecule is Cc1cc(Br)cc(NC2CCCNCC2)c1. The van der Waals surface area contributed by atoms with Crippen LogP contribution in [0.5, 0.6) is 0 Å². The molecule has 1 unspecified atom stereocenters. The molecule has 1 aromatic rings. The Bertz CT molecular complexity index is 324. The molecule has 1 aliphatic rings. The van der Waals surface area contributed by atoms with Gasteiger partial charge in [0, 0.05) is 16.2 Å². The molecule has 0 radical (unpaired) electrons. The molecular formula is C13H19BrN2. The molecule has 0 spiro atoms. The Morgan fingerprint density at radius 2 is 2.12 bits per heavy atom. The number of nitrogens with one attached hydrogen (secondary N) is 2. The molecule has 1 fully saturated rings. The maximum Gasteiger partial charge on any atom is 0.0356 e. The second-order valence-electron chi connectivity index (χ2n) is 4.54. The van der Waals surface area contributed by atoms with Gasteiger partial charge in [-0.25, -0.2) is 0 Å². The normalized spacial score (nSPS) is 21.5. The third kappa shape index (κ3) is 3.49. The van der Waals surface area contributed by atoms with Gasteiger partial charge < -0.3 is 10.6 Å². The van der Waals surface area contributed by atoms with Crippen molar-refractivity contribution in [2.45, 2.75) is 32.2 Å². The number of anilines is 1. The van der Waals surface area contributed by atoms with Crippen LogP contribution < -0.4 is 10.6 Å². The van der Waals surface area contributed by atoms with Gasteiger partial charge in [-0.15, -0.1) is 0 Å². The maximum atomic E-state index is 3.63. The van der Waals surface area contributed by atoms with Gasteiger partial charge in [-0.1, -0.05) is 15.9 Å². The number of halogens is 1. The van der Waals surface area contributed by atoms with Crippen LogP contribution in [0.2, 0.25) is 0 Å². The van der Waals surface area contributed by atoms with Crippen LogP contribution in [0.15, 0.2) is 22.7 Å². The Hall–Kier alpha value is -0.540. The number of aryl methyl sites for hydroxylation is 1. The summed E-state index contributed by atoms with van der Waals surface area (Å²) >= 11 is 3.54. The van der Waals surface area contributed by atoms with E-state index >= 15 is 0 Å². The van der Waals surface area contributed by atoms with E-state index in [0.717, 1.165) is 17.6 Å². The minimum atomic E-state index is 0.615. The molecule has 0 aliphatic carbocycles. The van der Waals surface area contributed by atoms with Crippen molar-refractivity contribution in [3.63, 3.8) is 0 Å². The van der Waals surface area contributed by atoms with Crippen LogP contribution in [0, 0.1) is 6.92 Å². The third-order valence-electron chi connectivity index (χ3n) is 2.99. The topological polar surface area (TPSA) is 24.1 Å². The van der Waals surface area contributed by atoms with Crippen molar-refractivity contribution < 1.29 is 0 Å². The summed E-state index contributed by atoms with van der Waals surface area (Å²) < 4.78 is 1.15. The lowest BCUT2D eigenvalue weighted by molar-refractivity contribution is 0.637. The predicted octanol–water partition coefficient (Wildman–Crippen LogP) is 3.31. The first-order valence-corrected chi connectivity index (χ1v) is 6.78. The molecule has 0 aromatic heterocycles. The van der Waals surface area contributed by atoms with Crippen LogP contribution in [-0.2, 0) is 0 Å². The van der Waals surface area contributed by atoms with Crippen LogP contribution in [0.3, 0.4) is 0 Å². The standard InChI is InChI=1S/C13H19BrN2/c1-10-7-11(14)9-13(8-10)16-12-3-2-5-15-6-4-12/h7-9,12,15-16H,2-6H2,1H3. The van der Waals surface area contributed by atoms with Crippen LogP contribution >= 0.6 is 15.9 Å². The zero-order valence-corrected chi connectivity index (χ0v) is 11.3. The van der Waals surface area contributed by atoms with Gasteiger partial charge in [0.1, 0.15) is 0 Å². The van der Waals surface area contributed by atoms with Crippen LogP contribution in [0.1, 0.15) is 24.8 Å². The quantitative estimate of drug-likeness (QED) is 0.870. The molecule has 2 nitrogen and oxygen atoms in total. The van der Waals surface area contributed by atoms with Gasteiger partial charge in [0.05, 0.1) is 0 Å². The van der Waals surface area contributed by atoms with E-state index in [4.69, 9.17) is 0 Å². The van der Waals surface area contributed by atoms with Crippen LogP contribution in [0.4, 0.5) is 5.69 Å². The van der Waals surface area contributed by atoms with E-state index in [1.165, 1.54) is 30.5 Å². The summed E-state index contributed by atoms with van der Waals surface area (Å²) in [5.74, 6) is 0. The average Bonchev–Trinajstić information content (AvgIpc) is 2.44. The molecule has 1 saturated heterocycles. The molecule has 0 saturated carbocycles. The van der Waals surface area contributed by atoms with Gasteiger partial charge >= 0.3 is 0 Å². The Morgan fingerprint density at radius 1 is 1.25 bits per heavy atom. The van der Waals surface area contributed by atoms with Gasteiger partial charge in [0.15, 0.2) is 0 Å². The first kappa shape index (κ1) is 11.9. The monoisotopic (exact) mass is 282 g/mol. The van der Waals surface area contributed by atoms with Crippen molar-refractivity contribution >= 4 is 21.6 Å². The summed E-state index contributed by atoms with van der Waals surface area (Å²) in [6.07, 6.45) is 3.74. The fourth-order valence-corrected chi connectivity index (χ4v) is 2.83. The Morgan fingerprint density at radius 3 is 2.94 bits per heavy atom. The largest absolute Gasteiger partial charge is 0.382 e. The molecule has 1 atom stereocenters. The van der Waals surface area contributed by atoms with Crippen molar-refractivity contribution in [2.24, 2.45) is 0 Å². The highest BCUT2D eigenvalue weighted by Gasteiger charge is 2.11. The lowest BCUT2D eigenvalue weighted by Gasteiger charge is -2.18. The minimum absolute atomic E-state index is 0.615. The maximum absolute atomic E-state index is 3.63. The fourth-order valence-electron chi connectivity index (χ4n) is 2.22. The number of hydrogen-bond acceptors (Lipinski definition) is 2. The summed E-state index contributed by atoms with van der Waals surface area (Å²) in [5.41, 5.74) is 2.53. The van der Waals surface area contributed by atoms with Gasteiger partial charge in [0.25, 0.3) is 0 Å². The summed E-state index contributed by atoms with van der Waals surface area (Å²) in [6.45, 7) is 4.42. The van der Waals surface area contributed by atoms with E-state index in [1.807, 2.05) is 0 Å². The average molecular weight is 283 g/mol. The predicted molar refractivity (Wildman–Crippen MR) is 73.0 cm³/mol. The van der Waals surface area contributed by atoms with Gasteiger partial charge in [-0.2, -0.15) is 0 Å². The molecule has 88 valence electrons. The third-order valence-corrected chi connectivity index (χ3v) is 3.45. The lowest BCUT2D eigenvalue weighted by atomic mass is 10.1. The summed E-state index contributed by atoms with van der Waals surface area (Å²) in [4.78, 5) is 0. The number of rotatable bonds is 2. The van der Waals surface area contributed by atoms with Crippen molar-refractivity contribution in [1.29, 1.82) is 0 Å². The minimum Gasteiger partial charge on any atom is -0.382 e. The molecule has 1 aliphatic heterocycles. The molecule has 3 heteroatoms. The zero-order chi connectivity index (χ0) is 11.4. The second-order valence-corrected chi connectivity index (χ2v) is 5.46. The molecule has 1 aromatic carbocycles. The van der Waals surface area contributed by atoms with Gasteiger partial charge in [-0.3, -0.25) is 0 Å². The molecule has 0 bridgehead atoms. The van der Waals surface area contributed by atoms with Crippen molar-refractivity contribution in [3.8, 4) is 0 Å². The van der Waals surface area contributed by atoms with Crippen molar-refractivity contribution in [3.05, 3.63) is 28.2 Å². The summed E-state index contributed by atoms with van der Waals surface area (Å²) in [5, 5.41) is 7.07. The van der Waals surface area contributed by atoms with E-state index in [2.05, 4.69) is 51.7 Å². The van der Waals surface area contributed by atoms with Crippen molar-refractivity contribution in [2.75, 3.05) is 18.4 Å². The molecule has 16 heavy (non-hydrogen) atoms. The zero-order valence-electron chi connectivity index (χ0n) is 9.72. The molecule has 2 N–H and O–H groups in total. The highest BCUT2D eigenvalue weighted by Crippen LogP contribution is 2.21. The van der Waals surface area contributed by atoms with Crippen LogP contribution in [0.25, 0.3) is 0 Å². The Kier molecular flexibility index (Phi) is 4.24. The Balaban J connectivity index is 2.01. The molecular weight excluding hydrogens is 264 g/mol. The number of hydrogen-bond donors (Lipinski definition) is 2. The molecule has 0 amide bonds. The van der Waals surface area contributed by atoms with E-state index < -0.39 is 0 Å². The molecule has 2 rings (SSSR count). The smallest absolute Gasteiger partial charge is 0.0356 e. The summed E-state index contributed by atoms with van der Waals surface area (Å²) in [6, 6.07) is 7.12. The van der Waals surface area contributed by atoms with Crippen LogP contribution in [-0.4, -0.2) is 19.1 Å².